The van der Waals surface area contributed by atoms with Crippen molar-refractivity contribution in [1.29, 1.82) is 0 Å². The smallest absolute Gasteiger partial charge is 0.124 e. The largest absolute Gasteiger partial charge is 0.494 e. The van der Waals surface area contributed by atoms with Crippen molar-refractivity contribution in [2.75, 3.05) is 19.7 Å². The van der Waals surface area contributed by atoms with Crippen molar-refractivity contribution >= 4 is 0 Å². The van der Waals surface area contributed by atoms with E-state index >= 15 is 0 Å². The number of rotatable bonds is 7. The Labute approximate surface area is 121 Å². The number of fused-ring (bicyclic) bond motifs is 1. The van der Waals surface area contributed by atoms with Gasteiger partial charge in [0.05, 0.1) is 6.61 Å². The molecule has 0 spiro atoms. The first-order chi connectivity index (χ1) is 9.69. The second-order valence-electron chi connectivity index (χ2n) is 5.05. The summed E-state index contributed by atoms with van der Waals surface area (Å²) in [7, 11) is 0. The number of ether oxygens (including phenoxy) is 2. The van der Waals surface area contributed by atoms with Gasteiger partial charge in [0.1, 0.15) is 17.6 Å². The third kappa shape index (κ3) is 3.14. The van der Waals surface area contributed by atoms with E-state index in [4.69, 9.17) is 15.2 Å². The summed E-state index contributed by atoms with van der Waals surface area (Å²) in [6, 6.07) is 4.20. The molecular weight excluding hydrogens is 252 g/mol. The van der Waals surface area contributed by atoms with Crippen LogP contribution in [0.25, 0.3) is 0 Å². The number of nitrogens with one attached hydrogen (secondary N) is 1. The molecule has 0 bridgehead atoms. The lowest BCUT2D eigenvalue weighted by Gasteiger charge is -2.20. The molecule has 0 saturated carbocycles. The lowest BCUT2D eigenvalue weighted by Crippen LogP contribution is -2.28. The molecule has 110 valence electrons. The minimum Gasteiger partial charge on any atom is -0.494 e. The fourth-order valence-electron chi connectivity index (χ4n) is 2.55. The molecular formula is C16H24N2O2. The van der Waals surface area contributed by atoms with Crippen molar-refractivity contribution in [2.24, 2.45) is 5.73 Å². The second kappa shape index (κ2) is 6.77. The third-order valence-corrected chi connectivity index (χ3v) is 3.45. The van der Waals surface area contributed by atoms with E-state index in [0.29, 0.717) is 19.7 Å². The lowest BCUT2D eigenvalue weighted by atomic mass is 10.0. The van der Waals surface area contributed by atoms with E-state index < -0.39 is 0 Å². The first kappa shape index (κ1) is 14.9. The third-order valence-electron chi connectivity index (χ3n) is 3.45. The van der Waals surface area contributed by atoms with E-state index in [1.165, 1.54) is 5.56 Å². The molecule has 1 heterocycles. The highest BCUT2D eigenvalue weighted by atomic mass is 16.5. The Morgan fingerprint density at radius 3 is 3.05 bits per heavy atom. The van der Waals surface area contributed by atoms with Crippen LogP contribution in [-0.2, 0) is 6.42 Å². The molecule has 3 N–H and O–H groups in total. The van der Waals surface area contributed by atoms with Crippen LogP contribution in [-0.4, -0.2) is 25.8 Å². The first-order valence-corrected chi connectivity index (χ1v) is 7.20. The van der Waals surface area contributed by atoms with Gasteiger partial charge in [0.15, 0.2) is 0 Å². The Morgan fingerprint density at radius 1 is 1.60 bits per heavy atom. The highest BCUT2D eigenvalue weighted by Gasteiger charge is 2.24. The van der Waals surface area contributed by atoms with Crippen molar-refractivity contribution < 1.29 is 9.47 Å². The topological polar surface area (TPSA) is 56.5 Å². The van der Waals surface area contributed by atoms with E-state index in [9.17, 15) is 0 Å². The van der Waals surface area contributed by atoms with Gasteiger partial charge in [0.25, 0.3) is 0 Å². The fourth-order valence-corrected chi connectivity index (χ4v) is 2.55. The number of benzene rings is 1. The van der Waals surface area contributed by atoms with E-state index in [1.54, 1.807) is 0 Å². The normalized spacial score (nSPS) is 18.2. The van der Waals surface area contributed by atoms with Crippen LogP contribution in [0.2, 0.25) is 0 Å². The molecule has 0 amide bonds. The van der Waals surface area contributed by atoms with Gasteiger partial charge in [0, 0.05) is 36.7 Å². The van der Waals surface area contributed by atoms with E-state index in [0.717, 1.165) is 23.5 Å². The standard InChI is InChI=1S/C16H24N2O2/c1-4-6-18-14(10-17)13-9-15-12(7-11(3)20-15)8-16(13)19-5-2/h4,8-9,11,14,18H,1,5-7,10,17H2,2-3H3. The Kier molecular flexibility index (Phi) is 5.04. The van der Waals surface area contributed by atoms with Crippen molar-refractivity contribution in [2.45, 2.75) is 32.4 Å². The van der Waals surface area contributed by atoms with Gasteiger partial charge in [-0.3, -0.25) is 0 Å². The predicted octanol–water partition coefficient (Wildman–Crippen LogP) is 2.18. The van der Waals surface area contributed by atoms with Crippen LogP contribution in [0.3, 0.4) is 0 Å². The average molecular weight is 276 g/mol. The first-order valence-electron chi connectivity index (χ1n) is 7.20. The van der Waals surface area contributed by atoms with Gasteiger partial charge in [-0.2, -0.15) is 0 Å². The zero-order valence-corrected chi connectivity index (χ0v) is 12.3. The molecule has 20 heavy (non-hydrogen) atoms. The van der Waals surface area contributed by atoms with Gasteiger partial charge in [-0.1, -0.05) is 6.08 Å². The summed E-state index contributed by atoms with van der Waals surface area (Å²) in [6.07, 6.45) is 2.99. The van der Waals surface area contributed by atoms with Crippen LogP contribution in [0.5, 0.6) is 11.5 Å². The molecule has 0 aromatic heterocycles. The monoisotopic (exact) mass is 276 g/mol. The lowest BCUT2D eigenvalue weighted by molar-refractivity contribution is 0.254. The zero-order chi connectivity index (χ0) is 14.5. The molecule has 0 radical (unpaired) electrons. The second-order valence-corrected chi connectivity index (χ2v) is 5.05. The quantitative estimate of drug-likeness (QED) is 0.750. The molecule has 0 fully saturated rings. The molecule has 4 heteroatoms. The Bertz CT molecular complexity index is 474. The highest BCUT2D eigenvalue weighted by Crippen LogP contribution is 2.37. The minimum absolute atomic E-state index is 0.0411. The van der Waals surface area contributed by atoms with E-state index in [1.807, 2.05) is 13.0 Å². The summed E-state index contributed by atoms with van der Waals surface area (Å²) in [6.45, 7) is 9.65. The highest BCUT2D eigenvalue weighted by molar-refractivity contribution is 5.50. The number of nitrogens with two attached hydrogens (primary N) is 1. The van der Waals surface area contributed by atoms with Gasteiger partial charge >= 0.3 is 0 Å². The molecule has 1 aliphatic rings. The summed E-state index contributed by atoms with van der Waals surface area (Å²) in [5.74, 6) is 1.85. The van der Waals surface area contributed by atoms with Crippen LogP contribution >= 0.6 is 0 Å². The maximum absolute atomic E-state index is 5.89. The molecule has 2 rings (SSSR count). The molecule has 2 unspecified atom stereocenters. The Balaban J connectivity index is 2.34. The van der Waals surface area contributed by atoms with Gasteiger partial charge < -0.3 is 20.5 Å². The summed E-state index contributed by atoms with van der Waals surface area (Å²) in [5, 5.41) is 3.36. The maximum Gasteiger partial charge on any atom is 0.124 e. The van der Waals surface area contributed by atoms with Crippen molar-refractivity contribution in [3.63, 3.8) is 0 Å². The predicted molar refractivity (Wildman–Crippen MR) is 81.4 cm³/mol. The molecule has 1 aromatic carbocycles. The molecule has 4 nitrogen and oxygen atoms in total. The van der Waals surface area contributed by atoms with Gasteiger partial charge in [-0.05, 0) is 26.0 Å². The molecule has 2 atom stereocenters. The number of hydrogen-bond donors (Lipinski definition) is 2. The molecule has 1 aliphatic heterocycles. The maximum atomic E-state index is 5.89. The van der Waals surface area contributed by atoms with Crippen LogP contribution in [0, 0.1) is 0 Å². The summed E-state index contributed by atoms with van der Waals surface area (Å²) >= 11 is 0. The van der Waals surface area contributed by atoms with Crippen molar-refractivity contribution in [3.8, 4) is 11.5 Å². The van der Waals surface area contributed by atoms with Crippen LogP contribution in [0.15, 0.2) is 24.8 Å². The summed E-state index contributed by atoms with van der Waals surface area (Å²) in [5.41, 5.74) is 8.16. The van der Waals surface area contributed by atoms with E-state index in [-0.39, 0.29) is 12.1 Å². The Morgan fingerprint density at radius 2 is 2.40 bits per heavy atom. The van der Waals surface area contributed by atoms with Crippen LogP contribution < -0.4 is 20.5 Å². The van der Waals surface area contributed by atoms with Crippen molar-refractivity contribution in [1.82, 2.24) is 5.32 Å². The molecule has 1 aromatic rings. The fraction of sp³-hybridized carbons (Fsp3) is 0.500. The summed E-state index contributed by atoms with van der Waals surface area (Å²) < 4.78 is 11.6. The molecule has 0 saturated heterocycles. The molecule has 0 aliphatic carbocycles. The average Bonchev–Trinajstić information content (AvgIpc) is 2.79. The zero-order valence-electron chi connectivity index (χ0n) is 12.3. The van der Waals surface area contributed by atoms with Gasteiger partial charge in [0.2, 0.25) is 0 Å². The van der Waals surface area contributed by atoms with Crippen molar-refractivity contribution in [3.05, 3.63) is 35.9 Å². The number of hydrogen-bond acceptors (Lipinski definition) is 4. The van der Waals surface area contributed by atoms with Crippen LogP contribution in [0.4, 0.5) is 0 Å². The summed E-state index contributed by atoms with van der Waals surface area (Å²) in [4.78, 5) is 0. The van der Waals surface area contributed by atoms with Gasteiger partial charge in [-0.15, -0.1) is 6.58 Å². The minimum atomic E-state index is 0.0411. The van der Waals surface area contributed by atoms with Gasteiger partial charge in [-0.25, -0.2) is 0 Å². The van der Waals surface area contributed by atoms with E-state index in [2.05, 4.69) is 31.0 Å². The SMILES string of the molecule is C=CCNC(CN)c1cc2c(cc1OCC)CC(C)O2. The Hall–Kier alpha value is -1.52. The van der Waals surface area contributed by atoms with Crippen LogP contribution in [0.1, 0.15) is 31.0 Å².